The Morgan fingerprint density at radius 3 is 2.40 bits per heavy atom. The monoisotopic (exact) mass is 298 g/mol. The molecule has 0 fully saturated rings. The summed E-state index contributed by atoms with van der Waals surface area (Å²) in [7, 11) is 1.84. The van der Waals surface area contributed by atoms with Crippen LogP contribution in [0.4, 0.5) is 5.69 Å². The smallest absolute Gasteiger partial charge is 0.242 e. The van der Waals surface area contributed by atoms with E-state index in [1.807, 2.05) is 37.9 Å². The van der Waals surface area contributed by atoms with E-state index < -0.39 is 6.10 Å². The van der Waals surface area contributed by atoms with Gasteiger partial charge >= 0.3 is 0 Å². The fraction of sp³-hybridized carbons (Fsp3) is 0.533. The van der Waals surface area contributed by atoms with Gasteiger partial charge in [0.25, 0.3) is 0 Å². The molecule has 1 amide bonds. The first kappa shape index (κ1) is 16.8. The van der Waals surface area contributed by atoms with Crippen LogP contribution in [0.3, 0.4) is 0 Å². The quantitative estimate of drug-likeness (QED) is 0.878. The predicted octanol–water partition coefficient (Wildman–Crippen LogP) is 2.70. The predicted molar refractivity (Wildman–Crippen MR) is 83.3 cm³/mol. The van der Waals surface area contributed by atoms with Crippen LogP contribution in [0.1, 0.15) is 32.4 Å². The van der Waals surface area contributed by atoms with Gasteiger partial charge in [-0.25, -0.2) is 0 Å². The summed E-state index contributed by atoms with van der Waals surface area (Å²) in [4.78, 5) is 15.7. The van der Waals surface area contributed by atoms with Crippen LogP contribution in [0, 0.1) is 0 Å². The standard InChI is InChI=1S/C15H23ClN2O2/c1-5-18(6-2)15(20)10-17(4)14-8-7-12(11(3)19)9-13(14)16/h7-9,11,19H,5-6,10H2,1-4H3. The molecule has 1 rings (SSSR count). The summed E-state index contributed by atoms with van der Waals surface area (Å²) in [5.74, 6) is 0.0770. The fourth-order valence-electron chi connectivity index (χ4n) is 2.06. The molecule has 1 aromatic rings. The van der Waals surface area contributed by atoms with Gasteiger partial charge in [0.2, 0.25) is 5.91 Å². The summed E-state index contributed by atoms with van der Waals surface area (Å²) < 4.78 is 0. The molecule has 1 N–H and O–H groups in total. The molecule has 0 aromatic heterocycles. The molecule has 0 aliphatic heterocycles. The summed E-state index contributed by atoms with van der Waals surface area (Å²) in [5, 5.41) is 10.1. The molecule has 0 aliphatic rings. The molecule has 0 saturated heterocycles. The van der Waals surface area contributed by atoms with Gasteiger partial charge < -0.3 is 14.9 Å². The summed E-state index contributed by atoms with van der Waals surface area (Å²) >= 11 is 6.22. The highest BCUT2D eigenvalue weighted by molar-refractivity contribution is 6.33. The maximum atomic E-state index is 12.1. The van der Waals surface area contributed by atoms with Crippen molar-refractivity contribution in [1.29, 1.82) is 0 Å². The van der Waals surface area contributed by atoms with Crippen molar-refractivity contribution in [2.24, 2.45) is 0 Å². The Morgan fingerprint density at radius 1 is 1.35 bits per heavy atom. The number of benzene rings is 1. The van der Waals surface area contributed by atoms with E-state index in [0.717, 1.165) is 11.3 Å². The average molecular weight is 299 g/mol. The SMILES string of the molecule is CCN(CC)C(=O)CN(C)c1ccc(C(C)O)cc1Cl. The number of nitrogens with zero attached hydrogens (tertiary/aromatic N) is 2. The van der Waals surface area contributed by atoms with E-state index in [9.17, 15) is 9.90 Å². The third-order valence-corrected chi connectivity index (χ3v) is 3.66. The minimum Gasteiger partial charge on any atom is -0.389 e. The van der Waals surface area contributed by atoms with Crippen LogP contribution in [0.25, 0.3) is 0 Å². The fourth-order valence-corrected chi connectivity index (χ4v) is 2.39. The summed E-state index contributed by atoms with van der Waals surface area (Å²) in [6, 6.07) is 5.39. The third kappa shape index (κ3) is 4.12. The number of rotatable bonds is 6. The van der Waals surface area contributed by atoms with Crippen LogP contribution < -0.4 is 4.90 Å². The number of aliphatic hydroxyl groups is 1. The van der Waals surface area contributed by atoms with Crippen LogP contribution in [-0.4, -0.2) is 42.6 Å². The Kier molecular flexibility index (Phi) is 6.30. The number of anilines is 1. The van der Waals surface area contributed by atoms with E-state index in [2.05, 4.69) is 0 Å². The van der Waals surface area contributed by atoms with E-state index in [4.69, 9.17) is 11.6 Å². The molecule has 112 valence electrons. The molecular formula is C15H23ClN2O2. The average Bonchev–Trinajstić information content (AvgIpc) is 2.39. The number of halogens is 1. The van der Waals surface area contributed by atoms with Gasteiger partial charge in [0.1, 0.15) is 0 Å². The Bertz CT molecular complexity index is 459. The second-order valence-corrected chi connectivity index (χ2v) is 5.22. The lowest BCUT2D eigenvalue weighted by atomic mass is 10.1. The number of carbonyl (C=O) groups is 1. The van der Waals surface area contributed by atoms with Gasteiger partial charge in [0.05, 0.1) is 23.4 Å². The number of aliphatic hydroxyl groups excluding tert-OH is 1. The molecule has 0 aliphatic carbocycles. The van der Waals surface area contributed by atoms with E-state index in [-0.39, 0.29) is 12.5 Å². The van der Waals surface area contributed by atoms with Crippen molar-refractivity contribution in [3.63, 3.8) is 0 Å². The minimum absolute atomic E-state index is 0.0770. The van der Waals surface area contributed by atoms with Crippen molar-refractivity contribution < 1.29 is 9.90 Å². The molecule has 5 heteroatoms. The maximum absolute atomic E-state index is 12.1. The van der Waals surface area contributed by atoms with Crippen LogP contribution in [0.2, 0.25) is 5.02 Å². The number of amides is 1. The van der Waals surface area contributed by atoms with Gasteiger partial charge in [0.15, 0.2) is 0 Å². The lowest BCUT2D eigenvalue weighted by Crippen LogP contribution is -2.38. The van der Waals surface area contributed by atoms with Gasteiger partial charge in [-0.05, 0) is 38.5 Å². The van der Waals surface area contributed by atoms with Crippen molar-refractivity contribution >= 4 is 23.2 Å². The Morgan fingerprint density at radius 2 is 1.95 bits per heavy atom. The number of hydrogen-bond donors (Lipinski definition) is 1. The van der Waals surface area contributed by atoms with Crippen molar-refractivity contribution in [2.45, 2.75) is 26.9 Å². The zero-order valence-corrected chi connectivity index (χ0v) is 13.3. The van der Waals surface area contributed by atoms with E-state index in [1.165, 1.54) is 0 Å². The number of likely N-dealkylation sites (N-methyl/N-ethyl adjacent to an activating group) is 2. The molecule has 0 heterocycles. The van der Waals surface area contributed by atoms with Crippen molar-refractivity contribution in [1.82, 2.24) is 4.90 Å². The highest BCUT2D eigenvalue weighted by Crippen LogP contribution is 2.28. The molecule has 1 aromatic carbocycles. The molecule has 0 saturated carbocycles. The molecule has 0 bridgehead atoms. The van der Waals surface area contributed by atoms with Gasteiger partial charge in [-0.3, -0.25) is 4.79 Å². The first-order chi connectivity index (χ1) is 9.40. The molecule has 1 atom stereocenters. The van der Waals surface area contributed by atoms with Crippen LogP contribution in [-0.2, 0) is 4.79 Å². The van der Waals surface area contributed by atoms with Gasteiger partial charge in [-0.1, -0.05) is 17.7 Å². The number of carbonyl (C=O) groups excluding carboxylic acids is 1. The van der Waals surface area contributed by atoms with Gasteiger partial charge in [0, 0.05) is 20.1 Å². The Labute approximate surface area is 125 Å². The Hall–Kier alpha value is -1.26. The molecule has 0 spiro atoms. The lowest BCUT2D eigenvalue weighted by molar-refractivity contribution is -0.129. The highest BCUT2D eigenvalue weighted by Gasteiger charge is 2.15. The van der Waals surface area contributed by atoms with Crippen molar-refractivity contribution in [3.8, 4) is 0 Å². The second-order valence-electron chi connectivity index (χ2n) is 4.81. The normalized spacial score (nSPS) is 12.1. The van der Waals surface area contributed by atoms with Crippen LogP contribution in [0.5, 0.6) is 0 Å². The van der Waals surface area contributed by atoms with Crippen LogP contribution in [0.15, 0.2) is 18.2 Å². The van der Waals surface area contributed by atoms with Crippen molar-refractivity contribution in [2.75, 3.05) is 31.6 Å². The second kappa shape index (κ2) is 7.50. The minimum atomic E-state index is -0.552. The molecule has 4 nitrogen and oxygen atoms in total. The molecule has 0 radical (unpaired) electrons. The largest absolute Gasteiger partial charge is 0.389 e. The Balaban J connectivity index is 2.82. The van der Waals surface area contributed by atoms with E-state index in [1.54, 1.807) is 17.9 Å². The zero-order valence-electron chi connectivity index (χ0n) is 12.6. The molecular weight excluding hydrogens is 276 g/mol. The molecule has 1 unspecified atom stereocenters. The first-order valence-electron chi connectivity index (χ1n) is 6.87. The van der Waals surface area contributed by atoms with E-state index in [0.29, 0.717) is 18.1 Å². The third-order valence-electron chi connectivity index (χ3n) is 3.35. The van der Waals surface area contributed by atoms with Crippen molar-refractivity contribution in [3.05, 3.63) is 28.8 Å². The molecule has 20 heavy (non-hydrogen) atoms. The first-order valence-corrected chi connectivity index (χ1v) is 7.24. The lowest BCUT2D eigenvalue weighted by Gasteiger charge is -2.25. The summed E-state index contributed by atoms with van der Waals surface area (Å²) in [5.41, 5.74) is 1.55. The number of hydrogen-bond acceptors (Lipinski definition) is 3. The van der Waals surface area contributed by atoms with Crippen LogP contribution >= 0.6 is 11.6 Å². The topological polar surface area (TPSA) is 43.8 Å². The summed E-state index contributed by atoms with van der Waals surface area (Å²) in [6.45, 7) is 7.32. The van der Waals surface area contributed by atoms with E-state index >= 15 is 0 Å². The summed E-state index contributed by atoms with van der Waals surface area (Å²) in [6.07, 6.45) is -0.552. The highest BCUT2D eigenvalue weighted by atomic mass is 35.5. The van der Waals surface area contributed by atoms with Gasteiger partial charge in [-0.15, -0.1) is 0 Å². The zero-order chi connectivity index (χ0) is 15.3. The van der Waals surface area contributed by atoms with Gasteiger partial charge in [-0.2, -0.15) is 0 Å². The maximum Gasteiger partial charge on any atom is 0.242 e.